The van der Waals surface area contributed by atoms with Crippen LogP contribution in [0.25, 0.3) is 0 Å². The summed E-state index contributed by atoms with van der Waals surface area (Å²) >= 11 is 5.89. The summed E-state index contributed by atoms with van der Waals surface area (Å²) < 4.78 is 0. The Labute approximate surface area is 124 Å². The van der Waals surface area contributed by atoms with Crippen LogP contribution in [-0.2, 0) is 0 Å². The zero-order valence-electron chi connectivity index (χ0n) is 11.7. The lowest BCUT2D eigenvalue weighted by Gasteiger charge is -2.18. The summed E-state index contributed by atoms with van der Waals surface area (Å²) in [6.45, 7) is 5.82. The maximum atomic E-state index is 9.26. The largest absolute Gasteiger partial charge is 0.377 e. The highest BCUT2D eigenvalue weighted by molar-refractivity contribution is 6.30. The number of benzene rings is 1. The number of nitrogens with zero attached hydrogens (tertiary/aromatic N) is 2. The second kappa shape index (κ2) is 5.94. The van der Waals surface area contributed by atoms with E-state index in [1.807, 2.05) is 44.2 Å². The number of rotatable bonds is 3. The maximum absolute atomic E-state index is 9.26. The molecule has 1 aromatic carbocycles. The second-order valence-corrected chi connectivity index (χ2v) is 5.24. The van der Waals surface area contributed by atoms with Gasteiger partial charge in [-0.05, 0) is 44.5 Å². The third-order valence-corrected chi connectivity index (χ3v) is 3.43. The third-order valence-electron chi connectivity index (χ3n) is 3.18. The number of nitrogens with one attached hydrogen (secondary N) is 1. The Hall–Kier alpha value is -2.05. The monoisotopic (exact) mass is 285 g/mol. The van der Waals surface area contributed by atoms with Gasteiger partial charge in [0.1, 0.15) is 6.07 Å². The van der Waals surface area contributed by atoms with Crippen LogP contribution in [0.3, 0.4) is 0 Å². The minimum Gasteiger partial charge on any atom is -0.377 e. The Bertz CT molecular complexity index is 657. The summed E-state index contributed by atoms with van der Waals surface area (Å²) in [6.07, 6.45) is 0. The van der Waals surface area contributed by atoms with E-state index in [1.54, 1.807) is 0 Å². The highest BCUT2D eigenvalue weighted by Gasteiger charge is 2.11. The molecule has 0 aliphatic heterocycles. The minimum absolute atomic E-state index is 0.0839. The van der Waals surface area contributed by atoms with Crippen LogP contribution >= 0.6 is 11.6 Å². The van der Waals surface area contributed by atoms with Crippen LogP contribution in [-0.4, -0.2) is 4.98 Å². The molecule has 2 aromatic rings. The molecule has 0 fully saturated rings. The molecule has 0 saturated heterocycles. The van der Waals surface area contributed by atoms with Gasteiger partial charge in [-0.25, -0.2) is 0 Å². The van der Waals surface area contributed by atoms with Crippen LogP contribution in [0.2, 0.25) is 5.02 Å². The summed E-state index contributed by atoms with van der Waals surface area (Å²) in [4.78, 5) is 4.32. The number of hydrogen-bond donors (Lipinski definition) is 1. The van der Waals surface area contributed by atoms with E-state index in [9.17, 15) is 5.26 Å². The summed E-state index contributed by atoms with van der Waals surface area (Å²) in [6, 6.07) is 11.9. The molecule has 20 heavy (non-hydrogen) atoms. The fourth-order valence-corrected chi connectivity index (χ4v) is 2.28. The molecule has 1 aromatic heterocycles. The summed E-state index contributed by atoms with van der Waals surface area (Å²) in [5.41, 5.74) is 4.17. The SMILES string of the molecule is Cc1cc(NC(C)c2ccc(Cl)cc2)c(C#N)c(C)n1. The van der Waals surface area contributed by atoms with Crippen molar-refractivity contribution in [3.63, 3.8) is 0 Å². The predicted octanol–water partition coefficient (Wildman–Crippen LogP) is 4.40. The van der Waals surface area contributed by atoms with E-state index >= 15 is 0 Å². The van der Waals surface area contributed by atoms with Crippen molar-refractivity contribution in [2.45, 2.75) is 26.8 Å². The smallest absolute Gasteiger partial charge is 0.103 e. The van der Waals surface area contributed by atoms with Crippen molar-refractivity contribution in [3.05, 3.63) is 57.9 Å². The minimum atomic E-state index is 0.0839. The zero-order valence-corrected chi connectivity index (χ0v) is 12.5. The average Bonchev–Trinajstić information content (AvgIpc) is 2.39. The van der Waals surface area contributed by atoms with E-state index in [-0.39, 0.29) is 6.04 Å². The molecule has 0 radical (unpaired) electrons. The number of nitriles is 1. The molecule has 1 atom stereocenters. The lowest BCUT2D eigenvalue weighted by molar-refractivity contribution is 0.881. The van der Waals surface area contributed by atoms with Crippen molar-refractivity contribution < 1.29 is 0 Å². The van der Waals surface area contributed by atoms with Gasteiger partial charge >= 0.3 is 0 Å². The van der Waals surface area contributed by atoms with Crippen LogP contribution in [0.5, 0.6) is 0 Å². The Balaban J connectivity index is 2.30. The normalized spacial score (nSPS) is 11.8. The Kier molecular flexibility index (Phi) is 4.26. The van der Waals surface area contributed by atoms with Crippen molar-refractivity contribution in [2.75, 3.05) is 5.32 Å². The molecular weight excluding hydrogens is 270 g/mol. The first kappa shape index (κ1) is 14.4. The Morgan fingerprint density at radius 2 is 1.90 bits per heavy atom. The van der Waals surface area contributed by atoms with Crippen molar-refractivity contribution in [2.24, 2.45) is 0 Å². The fourth-order valence-electron chi connectivity index (χ4n) is 2.15. The molecule has 102 valence electrons. The van der Waals surface area contributed by atoms with Gasteiger partial charge in [-0.3, -0.25) is 4.98 Å². The molecule has 1 unspecified atom stereocenters. The van der Waals surface area contributed by atoms with E-state index in [0.29, 0.717) is 10.6 Å². The number of anilines is 1. The van der Waals surface area contributed by atoms with Gasteiger partial charge in [0.05, 0.1) is 16.9 Å². The zero-order chi connectivity index (χ0) is 14.7. The van der Waals surface area contributed by atoms with Gasteiger partial charge in [-0.1, -0.05) is 23.7 Å². The van der Waals surface area contributed by atoms with E-state index < -0.39 is 0 Å². The van der Waals surface area contributed by atoms with Crippen LogP contribution in [0, 0.1) is 25.2 Å². The standard InChI is InChI=1S/C16H16ClN3/c1-10-8-16(15(9-18)12(3)19-10)20-11(2)13-4-6-14(17)7-5-13/h4-8,11H,1-3H3,(H,19,20). The maximum Gasteiger partial charge on any atom is 0.103 e. The highest BCUT2D eigenvalue weighted by atomic mass is 35.5. The molecule has 4 heteroatoms. The first-order valence-electron chi connectivity index (χ1n) is 6.41. The van der Waals surface area contributed by atoms with Crippen molar-refractivity contribution in [1.29, 1.82) is 5.26 Å². The topological polar surface area (TPSA) is 48.7 Å². The second-order valence-electron chi connectivity index (χ2n) is 4.80. The number of pyridine rings is 1. The number of aromatic nitrogens is 1. The van der Waals surface area contributed by atoms with Gasteiger partial charge in [0, 0.05) is 16.8 Å². The molecule has 2 rings (SSSR count). The predicted molar refractivity (Wildman–Crippen MR) is 81.9 cm³/mol. The van der Waals surface area contributed by atoms with Gasteiger partial charge in [0.2, 0.25) is 0 Å². The quantitative estimate of drug-likeness (QED) is 0.909. The highest BCUT2D eigenvalue weighted by Crippen LogP contribution is 2.25. The summed E-state index contributed by atoms with van der Waals surface area (Å²) in [7, 11) is 0. The van der Waals surface area contributed by atoms with Crippen LogP contribution < -0.4 is 5.32 Å². The summed E-state index contributed by atoms with van der Waals surface area (Å²) in [5.74, 6) is 0. The molecule has 1 heterocycles. The Morgan fingerprint density at radius 1 is 1.25 bits per heavy atom. The fraction of sp³-hybridized carbons (Fsp3) is 0.250. The van der Waals surface area contributed by atoms with Crippen molar-refractivity contribution in [3.8, 4) is 6.07 Å². The molecule has 3 nitrogen and oxygen atoms in total. The van der Waals surface area contributed by atoms with E-state index in [1.165, 1.54) is 0 Å². The molecule has 0 saturated carbocycles. The van der Waals surface area contributed by atoms with Gasteiger partial charge in [0.15, 0.2) is 0 Å². The molecule has 0 aliphatic rings. The average molecular weight is 286 g/mol. The lowest BCUT2D eigenvalue weighted by atomic mass is 10.1. The molecule has 0 amide bonds. The number of aryl methyl sites for hydroxylation is 2. The number of halogens is 1. The van der Waals surface area contributed by atoms with Gasteiger partial charge in [-0.15, -0.1) is 0 Å². The van der Waals surface area contributed by atoms with Crippen LogP contribution in [0.4, 0.5) is 5.69 Å². The third kappa shape index (κ3) is 3.09. The lowest BCUT2D eigenvalue weighted by Crippen LogP contribution is -2.09. The van der Waals surface area contributed by atoms with E-state index in [4.69, 9.17) is 11.6 Å². The van der Waals surface area contributed by atoms with E-state index in [2.05, 4.69) is 23.3 Å². The van der Waals surface area contributed by atoms with Crippen LogP contribution in [0.1, 0.15) is 35.5 Å². The molecular formula is C16H16ClN3. The van der Waals surface area contributed by atoms with Gasteiger partial charge < -0.3 is 5.32 Å². The molecule has 0 aliphatic carbocycles. The van der Waals surface area contributed by atoms with Crippen molar-refractivity contribution in [1.82, 2.24) is 4.98 Å². The first-order valence-corrected chi connectivity index (χ1v) is 6.79. The molecule has 1 N–H and O–H groups in total. The van der Waals surface area contributed by atoms with E-state index in [0.717, 1.165) is 22.6 Å². The molecule has 0 bridgehead atoms. The van der Waals surface area contributed by atoms with Crippen molar-refractivity contribution >= 4 is 17.3 Å². The molecule has 0 spiro atoms. The van der Waals surface area contributed by atoms with Crippen LogP contribution in [0.15, 0.2) is 30.3 Å². The summed E-state index contributed by atoms with van der Waals surface area (Å²) in [5, 5.41) is 13.4. The number of hydrogen-bond acceptors (Lipinski definition) is 3. The first-order chi connectivity index (χ1) is 9.51. The van der Waals surface area contributed by atoms with Gasteiger partial charge in [0.25, 0.3) is 0 Å². The Morgan fingerprint density at radius 3 is 2.50 bits per heavy atom. The van der Waals surface area contributed by atoms with Gasteiger partial charge in [-0.2, -0.15) is 5.26 Å².